The molecule has 0 bridgehead atoms. The molecular formula is C14H16ClN3O2. The maximum atomic E-state index is 12.5. The van der Waals surface area contributed by atoms with Crippen LogP contribution in [-0.2, 0) is 16.1 Å². The molecule has 1 saturated carbocycles. The fraction of sp³-hybridized carbons (Fsp3) is 0.500. The predicted molar refractivity (Wildman–Crippen MR) is 73.9 cm³/mol. The molecule has 20 heavy (non-hydrogen) atoms. The Morgan fingerprint density at radius 3 is 2.85 bits per heavy atom. The second kappa shape index (κ2) is 5.05. The van der Waals surface area contributed by atoms with Gasteiger partial charge < -0.3 is 10.2 Å². The quantitative estimate of drug-likeness (QED) is 0.915. The van der Waals surface area contributed by atoms with Gasteiger partial charge in [-0.2, -0.15) is 0 Å². The van der Waals surface area contributed by atoms with E-state index in [1.165, 1.54) is 0 Å². The zero-order chi connectivity index (χ0) is 14.3. The Labute approximate surface area is 122 Å². The summed E-state index contributed by atoms with van der Waals surface area (Å²) in [6.45, 7) is 2.09. The highest BCUT2D eigenvalue weighted by Gasteiger charge is 2.45. The Bertz CT molecular complexity index is 559. The van der Waals surface area contributed by atoms with Crippen LogP contribution in [0.25, 0.3) is 0 Å². The topological polar surface area (TPSA) is 62.3 Å². The molecular weight excluding hydrogens is 278 g/mol. The number of nitrogens with one attached hydrogen (secondary N) is 1. The van der Waals surface area contributed by atoms with Crippen molar-refractivity contribution in [1.82, 2.24) is 15.2 Å². The van der Waals surface area contributed by atoms with Crippen molar-refractivity contribution in [3.05, 3.63) is 29.0 Å². The van der Waals surface area contributed by atoms with E-state index < -0.39 is 6.04 Å². The van der Waals surface area contributed by atoms with Crippen molar-refractivity contribution in [1.29, 1.82) is 0 Å². The number of aromatic nitrogens is 1. The Kier molecular flexibility index (Phi) is 3.38. The third-order valence-electron chi connectivity index (χ3n) is 3.98. The molecule has 6 heteroatoms. The summed E-state index contributed by atoms with van der Waals surface area (Å²) in [5.74, 6) is 0.202. The van der Waals surface area contributed by atoms with Gasteiger partial charge in [0, 0.05) is 18.9 Å². The molecule has 5 nitrogen and oxygen atoms in total. The van der Waals surface area contributed by atoms with Gasteiger partial charge in [0.1, 0.15) is 12.1 Å². The summed E-state index contributed by atoms with van der Waals surface area (Å²) in [7, 11) is 0. The largest absolute Gasteiger partial charge is 0.342 e. The molecule has 2 aliphatic rings. The van der Waals surface area contributed by atoms with Gasteiger partial charge >= 0.3 is 0 Å². The first-order chi connectivity index (χ1) is 9.58. The van der Waals surface area contributed by atoms with Crippen LogP contribution in [0.2, 0.25) is 5.02 Å². The van der Waals surface area contributed by atoms with E-state index in [1.807, 2.05) is 0 Å². The van der Waals surface area contributed by atoms with E-state index in [9.17, 15) is 9.59 Å². The van der Waals surface area contributed by atoms with Gasteiger partial charge in [-0.1, -0.05) is 11.6 Å². The molecule has 0 spiro atoms. The van der Waals surface area contributed by atoms with Crippen LogP contribution in [0.15, 0.2) is 18.5 Å². The van der Waals surface area contributed by atoms with E-state index in [-0.39, 0.29) is 17.9 Å². The first-order valence-corrected chi connectivity index (χ1v) is 7.15. The number of rotatable bonds is 3. The number of halogens is 1. The normalized spacial score (nSPS) is 26.6. The number of nitrogens with zero attached hydrogens (tertiary/aromatic N) is 2. The summed E-state index contributed by atoms with van der Waals surface area (Å²) in [6.07, 6.45) is 5.21. The fourth-order valence-electron chi connectivity index (χ4n) is 2.53. The summed E-state index contributed by atoms with van der Waals surface area (Å²) in [4.78, 5) is 30.1. The number of hydrogen-bond donors (Lipinski definition) is 1. The standard InChI is InChI=1S/C14H16ClN3O2/c1-8-13(19)17-12(9-2-3-9)14(20)18(8)7-10-4-5-16-6-11(10)15/h4-6,8-9,12H,2-3,7H2,1H3,(H,17,19). The Morgan fingerprint density at radius 2 is 2.20 bits per heavy atom. The number of carbonyl (C=O) groups excluding carboxylic acids is 2. The van der Waals surface area contributed by atoms with Gasteiger partial charge in [0.2, 0.25) is 11.8 Å². The van der Waals surface area contributed by atoms with E-state index in [4.69, 9.17) is 11.6 Å². The van der Waals surface area contributed by atoms with Crippen LogP contribution in [-0.4, -0.2) is 33.8 Å². The van der Waals surface area contributed by atoms with E-state index >= 15 is 0 Å². The van der Waals surface area contributed by atoms with Crippen LogP contribution in [0.5, 0.6) is 0 Å². The second-order valence-electron chi connectivity index (χ2n) is 5.43. The van der Waals surface area contributed by atoms with Crippen molar-refractivity contribution in [2.45, 2.75) is 38.4 Å². The molecule has 1 N–H and O–H groups in total. The highest BCUT2D eigenvalue weighted by Crippen LogP contribution is 2.35. The molecule has 1 aliphatic heterocycles. The monoisotopic (exact) mass is 293 g/mol. The van der Waals surface area contributed by atoms with E-state index in [2.05, 4.69) is 10.3 Å². The average molecular weight is 294 g/mol. The number of carbonyl (C=O) groups is 2. The molecule has 2 amide bonds. The maximum absolute atomic E-state index is 12.5. The Morgan fingerprint density at radius 1 is 1.45 bits per heavy atom. The number of amides is 2. The molecule has 2 heterocycles. The third kappa shape index (κ3) is 2.38. The highest BCUT2D eigenvalue weighted by atomic mass is 35.5. The van der Waals surface area contributed by atoms with Crippen molar-refractivity contribution in [3.63, 3.8) is 0 Å². The zero-order valence-electron chi connectivity index (χ0n) is 11.2. The lowest BCUT2D eigenvalue weighted by molar-refractivity contribution is -0.149. The SMILES string of the molecule is CC1C(=O)NC(C2CC2)C(=O)N1Cc1ccncc1Cl. The zero-order valence-corrected chi connectivity index (χ0v) is 11.9. The highest BCUT2D eigenvalue weighted by molar-refractivity contribution is 6.31. The fourth-order valence-corrected chi connectivity index (χ4v) is 2.71. The van der Waals surface area contributed by atoms with Crippen LogP contribution in [0.4, 0.5) is 0 Å². The number of piperazine rings is 1. The van der Waals surface area contributed by atoms with E-state index in [0.717, 1.165) is 18.4 Å². The van der Waals surface area contributed by atoms with Gasteiger partial charge in [0.15, 0.2) is 0 Å². The van der Waals surface area contributed by atoms with Crippen LogP contribution in [0, 0.1) is 5.92 Å². The number of hydrogen-bond acceptors (Lipinski definition) is 3. The number of pyridine rings is 1. The van der Waals surface area contributed by atoms with Crippen molar-refractivity contribution < 1.29 is 9.59 Å². The molecule has 0 aromatic carbocycles. The third-order valence-corrected chi connectivity index (χ3v) is 4.32. The smallest absolute Gasteiger partial charge is 0.246 e. The second-order valence-corrected chi connectivity index (χ2v) is 5.84. The summed E-state index contributed by atoms with van der Waals surface area (Å²) in [5.41, 5.74) is 0.811. The van der Waals surface area contributed by atoms with Gasteiger partial charge in [-0.3, -0.25) is 14.6 Å². The van der Waals surface area contributed by atoms with Gasteiger partial charge in [0.05, 0.1) is 5.02 Å². The molecule has 1 aromatic heterocycles. The lowest BCUT2D eigenvalue weighted by Crippen LogP contribution is -2.62. The molecule has 1 aliphatic carbocycles. The molecule has 1 aromatic rings. The summed E-state index contributed by atoms with van der Waals surface area (Å²) in [6, 6.07) is 0.946. The summed E-state index contributed by atoms with van der Waals surface area (Å²) in [5, 5.41) is 3.35. The van der Waals surface area contributed by atoms with Crippen LogP contribution < -0.4 is 5.32 Å². The van der Waals surface area contributed by atoms with Gasteiger partial charge in [-0.15, -0.1) is 0 Å². The minimum Gasteiger partial charge on any atom is -0.342 e. The van der Waals surface area contributed by atoms with Crippen molar-refractivity contribution in [3.8, 4) is 0 Å². The lowest BCUT2D eigenvalue weighted by Gasteiger charge is -2.37. The van der Waals surface area contributed by atoms with Crippen LogP contribution >= 0.6 is 11.6 Å². The first-order valence-electron chi connectivity index (χ1n) is 6.77. The molecule has 2 unspecified atom stereocenters. The van der Waals surface area contributed by atoms with E-state index in [1.54, 1.807) is 30.3 Å². The minimum atomic E-state index is -0.471. The van der Waals surface area contributed by atoms with Crippen molar-refractivity contribution in [2.75, 3.05) is 0 Å². The first kappa shape index (κ1) is 13.4. The van der Waals surface area contributed by atoms with E-state index in [0.29, 0.717) is 17.5 Å². The minimum absolute atomic E-state index is 0.00696. The summed E-state index contributed by atoms with van der Waals surface area (Å²) >= 11 is 6.09. The molecule has 0 radical (unpaired) electrons. The van der Waals surface area contributed by atoms with Gasteiger partial charge in [-0.25, -0.2) is 0 Å². The predicted octanol–water partition coefficient (Wildman–Crippen LogP) is 1.36. The molecule has 1 saturated heterocycles. The van der Waals surface area contributed by atoms with Crippen LogP contribution in [0.1, 0.15) is 25.3 Å². The van der Waals surface area contributed by atoms with Gasteiger partial charge in [0.25, 0.3) is 0 Å². The Hall–Kier alpha value is -1.62. The Balaban J connectivity index is 1.83. The van der Waals surface area contributed by atoms with Crippen LogP contribution in [0.3, 0.4) is 0 Å². The average Bonchev–Trinajstić information content (AvgIpc) is 3.25. The van der Waals surface area contributed by atoms with Gasteiger partial charge in [-0.05, 0) is 37.3 Å². The van der Waals surface area contributed by atoms with Crippen molar-refractivity contribution >= 4 is 23.4 Å². The lowest BCUT2D eigenvalue weighted by atomic mass is 10.0. The molecule has 106 valence electrons. The summed E-state index contributed by atoms with van der Waals surface area (Å²) < 4.78 is 0. The van der Waals surface area contributed by atoms with Crippen molar-refractivity contribution in [2.24, 2.45) is 5.92 Å². The molecule has 3 rings (SSSR count). The molecule has 2 atom stereocenters. The molecule has 2 fully saturated rings. The maximum Gasteiger partial charge on any atom is 0.246 e.